The van der Waals surface area contributed by atoms with Crippen LogP contribution in [-0.4, -0.2) is 52.4 Å². The lowest BCUT2D eigenvalue weighted by Crippen LogP contribution is -2.43. The molecule has 0 unspecified atom stereocenters. The van der Waals surface area contributed by atoms with Crippen molar-refractivity contribution in [2.24, 2.45) is 0 Å². The molecule has 13 heteroatoms. The van der Waals surface area contributed by atoms with Gasteiger partial charge in [0.25, 0.3) is 0 Å². The monoisotopic (exact) mass is 475 g/mol. The van der Waals surface area contributed by atoms with E-state index in [-0.39, 0.29) is 18.0 Å². The Kier molecular flexibility index (Phi) is 6.20. The van der Waals surface area contributed by atoms with Crippen LogP contribution in [0.1, 0.15) is 18.5 Å². The first-order chi connectivity index (χ1) is 16.2. The molecule has 0 aliphatic carbocycles. The van der Waals surface area contributed by atoms with Gasteiger partial charge in [-0.3, -0.25) is 0 Å². The summed E-state index contributed by atoms with van der Waals surface area (Å²) in [5.41, 5.74) is -1.45. The van der Waals surface area contributed by atoms with Gasteiger partial charge < -0.3 is 9.84 Å². The Morgan fingerprint density at radius 3 is 2.38 bits per heavy atom. The zero-order valence-corrected chi connectivity index (χ0v) is 17.9. The van der Waals surface area contributed by atoms with E-state index in [9.17, 15) is 23.1 Å². The average molecular weight is 475 g/mol. The van der Waals surface area contributed by atoms with Crippen LogP contribution < -0.4 is 10.4 Å². The highest BCUT2D eigenvalue weighted by atomic mass is 19.4. The lowest BCUT2D eigenvalue weighted by atomic mass is 9.87. The molecule has 0 spiro atoms. The van der Waals surface area contributed by atoms with E-state index in [1.54, 1.807) is 37.3 Å². The number of hydrogen-bond acceptors (Lipinski definition) is 7. The Morgan fingerprint density at radius 2 is 1.76 bits per heavy atom. The lowest BCUT2D eigenvalue weighted by Gasteiger charge is -2.33. The summed E-state index contributed by atoms with van der Waals surface area (Å²) in [5.74, 6) is -0.0128. The molecular formula is C21H20F3N7O3. The summed E-state index contributed by atoms with van der Waals surface area (Å²) in [4.78, 5) is 17.0. The van der Waals surface area contributed by atoms with Gasteiger partial charge in [-0.05, 0) is 47.2 Å². The van der Waals surface area contributed by atoms with Crippen LogP contribution in [0.5, 0.6) is 5.75 Å². The van der Waals surface area contributed by atoms with E-state index in [2.05, 4.69) is 25.2 Å². The minimum Gasteiger partial charge on any atom is -0.484 e. The number of nitrogens with zero attached hydrogens (tertiary/aromatic N) is 7. The van der Waals surface area contributed by atoms with E-state index in [4.69, 9.17) is 0 Å². The molecule has 0 saturated carbocycles. The Morgan fingerprint density at radius 1 is 1.06 bits per heavy atom. The van der Waals surface area contributed by atoms with Crippen LogP contribution in [-0.2, 0) is 12.1 Å². The van der Waals surface area contributed by atoms with Crippen molar-refractivity contribution < 1.29 is 23.0 Å². The third-order valence-corrected chi connectivity index (χ3v) is 5.29. The smallest absolute Gasteiger partial charge is 0.422 e. The molecule has 34 heavy (non-hydrogen) atoms. The first kappa shape index (κ1) is 23.2. The number of alkyl halides is 3. The van der Waals surface area contributed by atoms with Gasteiger partial charge >= 0.3 is 11.9 Å². The molecule has 0 radical (unpaired) electrons. The van der Waals surface area contributed by atoms with E-state index in [1.807, 2.05) is 0 Å². The van der Waals surface area contributed by atoms with E-state index in [0.29, 0.717) is 5.56 Å². The maximum absolute atomic E-state index is 13.1. The molecule has 0 amide bonds. The van der Waals surface area contributed by atoms with Crippen molar-refractivity contribution in [2.75, 3.05) is 6.61 Å². The molecule has 0 fully saturated rings. The SMILES string of the molecule is C[C@@H](n1nnn(-c2ccc(OCC(F)(F)F)cc2)c1=O)[C@](O)(Cn1cncn1)c1ccccc1. The fourth-order valence-electron chi connectivity index (χ4n) is 3.47. The molecular weight excluding hydrogens is 455 g/mol. The Balaban J connectivity index is 1.63. The van der Waals surface area contributed by atoms with Gasteiger partial charge in [-0.15, -0.1) is 0 Å². The minimum atomic E-state index is -4.46. The second kappa shape index (κ2) is 9.09. The molecule has 2 heterocycles. The van der Waals surface area contributed by atoms with Crippen molar-refractivity contribution in [1.29, 1.82) is 0 Å². The third kappa shape index (κ3) is 4.83. The highest BCUT2D eigenvalue weighted by Crippen LogP contribution is 2.33. The molecule has 178 valence electrons. The molecule has 0 bridgehead atoms. The van der Waals surface area contributed by atoms with Gasteiger partial charge in [-0.25, -0.2) is 14.5 Å². The molecule has 2 atom stereocenters. The van der Waals surface area contributed by atoms with Gasteiger partial charge in [0, 0.05) is 0 Å². The van der Waals surface area contributed by atoms with E-state index in [0.717, 1.165) is 9.36 Å². The first-order valence-corrected chi connectivity index (χ1v) is 10.1. The molecule has 2 aromatic carbocycles. The van der Waals surface area contributed by atoms with Gasteiger partial charge in [-0.1, -0.05) is 30.3 Å². The van der Waals surface area contributed by atoms with Gasteiger partial charge in [0.15, 0.2) is 6.61 Å². The van der Waals surface area contributed by atoms with E-state index in [1.165, 1.54) is 41.6 Å². The maximum atomic E-state index is 13.1. The molecule has 10 nitrogen and oxygen atoms in total. The van der Waals surface area contributed by atoms with Crippen LogP contribution in [0.25, 0.3) is 5.69 Å². The predicted octanol–water partition coefficient (Wildman–Crippen LogP) is 2.11. The zero-order chi connectivity index (χ0) is 24.3. The van der Waals surface area contributed by atoms with Crippen molar-refractivity contribution in [3.05, 3.63) is 83.3 Å². The predicted molar refractivity (Wildman–Crippen MR) is 112 cm³/mol. The zero-order valence-electron chi connectivity index (χ0n) is 17.9. The number of benzene rings is 2. The molecule has 4 rings (SSSR count). The van der Waals surface area contributed by atoms with Crippen LogP contribution in [0.15, 0.2) is 72.0 Å². The molecule has 0 aliphatic heterocycles. The summed E-state index contributed by atoms with van der Waals surface area (Å²) in [5, 5.41) is 23.6. The standard InChI is InChI=1S/C21H20F3N7O3/c1-15(20(33,11-29-14-25-13-26-29)16-5-3-2-4-6-16)30-19(32)31(28-27-30)17-7-9-18(10-8-17)34-12-21(22,23)24/h2-10,13-15,33H,11-12H2,1H3/t15-,20-/m1/s1. The number of halogens is 3. The fourth-order valence-corrected chi connectivity index (χ4v) is 3.47. The molecule has 4 aromatic rings. The summed E-state index contributed by atoms with van der Waals surface area (Å²) in [6.07, 6.45) is -1.68. The van der Waals surface area contributed by atoms with Crippen molar-refractivity contribution in [2.45, 2.75) is 31.3 Å². The first-order valence-electron chi connectivity index (χ1n) is 10.1. The molecule has 1 N–H and O–H groups in total. The average Bonchev–Trinajstić information content (AvgIpc) is 3.47. The van der Waals surface area contributed by atoms with Crippen molar-refractivity contribution >= 4 is 0 Å². The third-order valence-electron chi connectivity index (χ3n) is 5.29. The summed E-state index contributed by atoms with van der Waals surface area (Å²) < 4.78 is 45.1. The normalized spacial score (nSPS) is 14.5. The maximum Gasteiger partial charge on any atom is 0.422 e. The summed E-state index contributed by atoms with van der Waals surface area (Å²) in [6, 6.07) is 13.2. The van der Waals surface area contributed by atoms with Gasteiger partial charge in [-0.2, -0.15) is 27.6 Å². The highest BCUT2D eigenvalue weighted by Gasteiger charge is 2.40. The van der Waals surface area contributed by atoms with E-state index < -0.39 is 30.1 Å². The van der Waals surface area contributed by atoms with Gasteiger partial charge in [0.2, 0.25) is 0 Å². The largest absolute Gasteiger partial charge is 0.484 e. The van der Waals surface area contributed by atoms with Crippen LogP contribution in [0.2, 0.25) is 0 Å². The quantitative estimate of drug-likeness (QED) is 0.415. The number of aromatic nitrogens is 7. The van der Waals surface area contributed by atoms with Crippen molar-refractivity contribution in [3.8, 4) is 11.4 Å². The Bertz CT molecular complexity index is 1270. The van der Waals surface area contributed by atoms with Gasteiger partial charge in [0.05, 0.1) is 18.3 Å². The number of aliphatic hydroxyl groups is 1. The van der Waals surface area contributed by atoms with Crippen molar-refractivity contribution in [3.63, 3.8) is 0 Å². The van der Waals surface area contributed by atoms with Crippen molar-refractivity contribution in [1.82, 2.24) is 34.6 Å². The van der Waals surface area contributed by atoms with Crippen LogP contribution >= 0.6 is 0 Å². The van der Waals surface area contributed by atoms with Crippen LogP contribution in [0, 0.1) is 0 Å². The van der Waals surface area contributed by atoms with Gasteiger partial charge in [0.1, 0.15) is 24.0 Å². The Hall–Kier alpha value is -4.00. The fraction of sp³-hybridized carbons (Fsp3) is 0.286. The number of tetrazole rings is 1. The van der Waals surface area contributed by atoms with Crippen LogP contribution in [0.4, 0.5) is 13.2 Å². The number of ether oxygens (including phenoxy) is 1. The topological polar surface area (TPSA) is 113 Å². The minimum absolute atomic E-state index is 0.0112. The summed E-state index contributed by atoms with van der Waals surface area (Å²) in [6.45, 7) is 0.185. The van der Waals surface area contributed by atoms with E-state index >= 15 is 0 Å². The number of hydrogen-bond donors (Lipinski definition) is 1. The van der Waals surface area contributed by atoms with Crippen LogP contribution in [0.3, 0.4) is 0 Å². The molecule has 0 saturated heterocycles. The summed E-state index contributed by atoms with van der Waals surface area (Å²) >= 11 is 0. The second-order valence-electron chi connectivity index (χ2n) is 7.57. The highest BCUT2D eigenvalue weighted by molar-refractivity contribution is 5.36. The second-order valence-corrected chi connectivity index (χ2v) is 7.57. The molecule has 2 aromatic heterocycles. The Labute approximate surface area is 190 Å². The molecule has 0 aliphatic rings. The number of rotatable bonds is 8. The lowest BCUT2D eigenvalue weighted by molar-refractivity contribution is -0.153. The summed E-state index contributed by atoms with van der Waals surface area (Å²) in [7, 11) is 0.